The second kappa shape index (κ2) is 8.73. The van der Waals surface area contributed by atoms with E-state index in [4.69, 9.17) is 21.8 Å². The van der Waals surface area contributed by atoms with Crippen LogP contribution < -0.4 is 5.14 Å². The molecule has 0 fully saturated rings. The molecule has 0 saturated carbocycles. The first kappa shape index (κ1) is 14.5. The van der Waals surface area contributed by atoms with Gasteiger partial charge in [-0.25, -0.2) is 4.39 Å². The van der Waals surface area contributed by atoms with Crippen LogP contribution in [0, 0.1) is 5.82 Å². The highest BCUT2D eigenvalue weighted by Crippen LogP contribution is 2.23. The van der Waals surface area contributed by atoms with E-state index in [0.29, 0.717) is 16.3 Å². The summed E-state index contributed by atoms with van der Waals surface area (Å²) in [5.74, 6) is -0.345. The minimum absolute atomic E-state index is 0.226. The maximum Gasteiger partial charge on any atom is 0.124 e. The Balaban J connectivity index is 0.000000336. The summed E-state index contributed by atoms with van der Waals surface area (Å²) in [5, 5.41) is 13.6. The van der Waals surface area contributed by atoms with E-state index in [0.717, 1.165) is 11.9 Å². The molecule has 0 aliphatic rings. The van der Waals surface area contributed by atoms with Crippen LogP contribution in [0.25, 0.3) is 0 Å². The van der Waals surface area contributed by atoms with E-state index in [1.807, 2.05) is 0 Å². The fraction of sp³-hybridized carbons (Fsp3) is 0.200. The van der Waals surface area contributed by atoms with E-state index in [2.05, 4.69) is 6.58 Å². The van der Waals surface area contributed by atoms with Crippen LogP contribution in [0.3, 0.4) is 0 Å². The summed E-state index contributed by atoms with van der Waals surface area (Å²) < 4.78 is 12.3. The molecule has 2 nitrogen and oxygen atoms in total. The largest absolute Gasteiger partial charge is 0.396 e. The molecule has 0 aromatic heterocycles. The summed E-state index contributed by atoms with van der Waals surface area (Å²) in [5.41, 5.74) is 0. The Labute approximate surface area is 98.1 Å². The van der Waals surface area contributed by atoms with Gasteiger partial charge in [-0.1, -0.05) is 17.7 Å². The second-order valence-electron chi connectivity index (χ2n) is 2.49. The molecule has 84 valence electrons. The monoisotopic (exact) mass is 249 g/mol. The minimum Gasteiger partial charge on any atom is -0.396 e. The van der Waals surface area contributed by atoms with Crippen molar-refractivity contribution in [2.24, 2.45) is 5.14 Å². The average Bonchev–Trinajstić information content (AvgIpc) is 2.20. The molecule has 0 atom stereocenters. The Morgan fingerprint density at radius 3 is 2.60 bits per heavy atom. The van der Waals surface area contributed by atoms with Crippen molar-refractivity contribution in [2.45, 2.75) is 11.3 Å². The lowest BCUT2D eigenvalue weighted by Crippen LogP contribution is -1.81. The molecule has 0 heterocycles. The van der Waals surface area contributed by atoms with Crippen molar-refractivity contribution in [1.82, 2.24) is 0 Å². The molecular formula is C10H13ClFNOS. The van der Waals surface area contributed by atoms with Crippen LogP contribution in [0.2, 0.25) is 5.02 Å². The molecule has 5 heteroatoms. The van der Waals surface area contributed by atoms with E-state index in [-0.39, 0.29) is 12.4 Å². The van der Waals surface area contributed by atoms with Gasteiger partial charge in [-0.05, 0) is 36.6 Å². The summed E-state index contributed by atoms with van der Waals surface area (Å²) in [6.07, 6.45) is 2.39. The van der Waals surface area contributed by atoms with Gasteiger partial charge in [-0.15, -0.1) is 6.58 Å². The van der Waals surface area contributed by atoms with Crippen LogP contribution in [-0.2, 0) is 0 Å². The van der Waals surface area contributed by atoms with E-state index >= 15 is 0 Å². The Hall–Kier alpha value is -0.550. The summed E-state index contributed by atoms with van der Waals surface area (Å²) in [6.45, 7) is 3.62. The number of hydrogen-bond acceptors (Lipinski definition) is 3. The van der Waals surface area contributed by atoms with Crippen molar-refractivity contribution in [3.8, 4) is 0 Å². The normalized spacial score (nSPS) is 9.07. The Kier molecular flexibility index (Phi) is 8.41. The molecule has 3 N–H and O–H groups in total. The quantitative estimate of drug-likeness (QED) is 0.640. The van der Waals surface area contributed by atoms with Gasteiger partial charge in [0.05, 0.1) is 5.02 Å². The van der Waals surface area contributed by atoms with Gasteiger partial charge in [-0.2, -0.15) is 0 Å². The molecule has 0 unspecified atom stereocenters. The molecule has 0 spiro atoms. The van der Waals surface area contributed by atoms with Crippen molar-refractivity contribution in [1.29, 1.82) is 0 Å². The van der Waals surface area contributed by atoms with Crippen LogP contribution in [-0.4, -0.2) is 11.7 Å². The van der Waals surface area contributed by atoms with Crippen LogP contribution in [0.15, 0.2) is 35.7 Å². The van der Waals surface area contributed by atoms with Gasteiger partial charge in [0, 0.05) is 11.5 Å². The maximum atomic E-state index is 12.3. The molecule has 1 aromatic rings. The topological polar surface area (TPSA) is 46.2 Å². The van der Waals surface area contributed by atoms with Gasteiger partial charge in [0.25, 0.3) is 0 Å². The van der Waals surface area contributed by atoms with Crippen LogP contribution in [0.4, 0.5) is 4.39 Å². The van der Waals surface area contributed by atoms with Crippen LogP contribution in [0.5, 0.6) is 0 Å². The lowest BCUT2D eigenvalue weighted by molar-refractivity contribution is 0.303. The smallest absolute Gasteiger partial charge is 0.124 e. The van der Waals surface area contributed by atoms with E-state index in [9.17, 15) is 4.39 Å². The summed E-state index contributed by atoms with van der Waals surface area (Å²) in [4.78, 5) is 0.683. The van der Waals surface area contributed by atoms with Gasteiger partial charge in [0.2, 0.25) is 0 Å². The van der Waals surface area contributed by atoms with E-state index < -0.39 is 0 Å². The van der Waals surface area contributed by atoms with Crippen molar-refractivity contribution in [2.75, 3.05) is 6.61 Å². The number of aliphatic hydroxyl groups excluding tert-OH is 1. The maximum absolute atomic E-state index is 12.3. The summed E-state index contributed by atoms with van der Waals surface area (Å²) in [7, 11) is 0. The Morgan fingerprint density at radius 2 is 2.27 bits per heavy atom. The molecule has 0 saturated heterocycles. The molecule has 1 aromatic carbocycles. The number of rotatable bonds is 3. The average molecular weight is 250 g/mol. The molecule has 0 aliphatic carbocycles. The van der Waals surface area contributed by atoms with Gasteiger partial charge in [-0.3, -0.25) is 5.14 Å². The summed E-state index contributed by atoms with van der Waals surface area (Å²) in [6, 6.07) is 4.10. The third-order valence-electron chi connectivity index (χ3n) is 1.35. The van der Waals surface area contributed by atoms with E-state index in [1.54, 1.807) is 12.1 Å². The first-order valence-corrected chi connectivity index (χ1v) is 5.45. The predicted octanol–water partition coefficient (Wildman–Crippen LogP) is 3.00. The molecule has 1 rings (SSSR count). The van der Waals surface area contributed by atoms with E-state index in [1.165, 1.54) is 12.1 Å². The zero-order valence-electron chi connectivity index (χ0n) is 8.12. The van der Waals surface area contributed by atoms with Crippen molar-refractivity contribution >= 4 is 23.5 Å². The molecule has 0 bridgehead atoms. The third kappa shape index (κ3) is 6.52. The van der Waals surface area contributed by atoms with Gasteiger partial charge in [0.1, 0.15) is 5.82 Å². The minimum atomic E-state index is -0.345. The number of nitrogens with two attached hydrogens (primary N) is 1. The SMILES string of the molecule is C=CCCO.NSc1ccc(F)cc1Cl. The predicted molar refractivity (Wildman–Crippen MR) is 63.4 cm³/mol. The second-order valence-corrected chi connectivity index (χ2v) is 3.58. The molecular weight excluding hydrogens is 237 g/mol. The molecule has 15 heavy (non-hydrogen) atoms. The van der Waals surface area contributed by atoms with Crippen molar-refractivity contribution in [3.05, 3.63) is 41.7 Å². The highest BCUT2D eigenvalue weighted by molar-refractivity contribution is 7.97. The molecule has 0 radical (unpaired) electrons. The van der Waals surface area contributed by atoms with Gasteiger partial charge < -0.3 is 5.11 Å². The zero-order valence-corrected chi connectivity index (χ0v) is 9.69. The lowest BCUT2D eigenvalue weighted by Gasteiger charge is -1.97. The van der Waals surface area contributed by atoms with Crippen molar-refractivity contribution < 1.29 is 9.50 Å². The highest BCUT2D eigenvalue weighted by Gasteiger charge is 1.98. The lowest BCUT2D eigenvalue weighted by atomic mass is 10.3. The first-order chi connectivity index (χ1) is 7.15. The zero-order chi connectivity index (χ0) is 11.7. The molecule has 0 aliphatic heterocycles. The van der Waals surface area contributed by atoms with Gasteiger partial charge >= 0.3 is 0 Å². The third-order valence-corrected chi connectivity index (χ3v) is 2.39. The number of benzene rings is 1. The van der Waals surface area contributed by atoms with Crippen molar-refractivity contribution in [3.63, 3.8) is 0 Å². The van der Waals surface area contributed by atoms with Gasteiger partial charge in [0.15, 0.2) is 0 Å². The number of hydrogen-bond donors (Lipinski definition) is 2. The molecule has 0 amide bonds. The Morgan fingerprint density at radius 1 is 1.60 bits per heavy atom. The highest BCUT2D eigenvalue weighted by atomic mass is 35.5. The van der Waals surface area contributed by atoms with Crippen LogP contribution in [0.1, 0.15) is 6.42 Å². The van der Waals surface area contributed by atoms with Crippen LogP contribution >= 0.6 is 23.5 Å². The Bertz CT molecular complexity index is 309. The summed E-state index contributed by atoms with van der Waals surface area (Å²) >= 11 is 6.59. The number of halogens is 2. The number of aliphatic hydroxyl groups is 1. The fourth-order valence-electron chi connectivity index (χ4n) is 0.662. The standard InChI is InChI=1S/C6H5ClFNS.C4H8O/c7-5-3-4(8)1-2-6(5)10-9;1-2-3-4-5/h1-3H,9H2;2,5H,1,3-4H2. The first-order valence-electron chi connectivity index (χ1n) is 4.19. The fourth-order valence-corrected chi connectivity index (χ4v) is 1.28.